The van der Waals surface area contributed by atoms with Gasteiger partial charge in [-0.05, 0) is 0 Å². The third-order valence-corrected chi connectivity index (χ3v) is 3.18. The lowest BCUT2D eigenvalue weighted by atomic mass is 9.97. The van der Waals surface area contributed by atoms with Crippen molar-refractivity contribution >= 4 is 11.9 Å². The molecule has 0 aromatic rings. The molecule has 1 aliphatic carbocycles. The van der Waals surface area contributed by atoms with Crippen LogP contribution >= 0.6 is 0 Å². The van der Waals surface area contributed by atoms with Gasteiger partial charge in [-0.3, -0.25) is 9.59 Å². The number of rotatable bonds is 2. The van der Waals surface area contributed by atoms with E-state index in [9.17, 15) is 9.59 Å². The number of ether oxygens (including phenoxy) is 3. The van der Waals surface area contributed by atoms with Crippen LogP contribution in [0.25, 0.3) is 0 Å². The van der Waals surface area contributed by atoms with Gasteiger partial charge in [0.05, 0.1) is 32.2 Å². The molecule has 2 aliphatic rings. The van der Waals surface area contributed by atoms with E-state index in [1.165, 1.54) is 7.11 Å². The molecule has 1 N–H and O–H groups in total. The van der Waals surface area contributed by atoms with Gasteiger partial charge in [-0.1, -0.05) is 0 Å². The summed E-state index contributed by atoms with van der Waals surface area (Å²) in [7, 11) is 1.25. The number of hydrogen-bond acceptors (Lipinski definition) is 5. The van der Waals surface area contributed by atoms with Crippen molar-refractivity contribution < 1.29 is 28.9 Å². The fourth-order valence-electron chi connectivity index (χ4n) is 2.43. The van der Waals surface area contributed by atoms with Gasteiger partial charge in [0.2, 0.25) is 0 Å². The molecule has 0 radical (unpaired) electrons. The zero-order chi connectivity index (χ0) is 11.8. The highest BCUT2D eigenvalue weighted by molar-refractivity contribution is 5.82. The van der Waals surface area contributed by atoms with Gasteiger partial charge in [0, 0.05) is 12.8 Å². The van der Waals surface area contributed by atoms with Crippen LogP contribution in [0.2, 0.25) is 0 Å². The van der Waals surface area contributed by atoms with Crippen molar-refractivity contribution in [2.45, 2.75) is 18.6 Å². The maximum atomic E-state index is 11.5. The van der Waals surface area contributed by atoms with Crippen molar-refractivity contribution in [1.29, 1.82) is 0 Å². The van der Waals surface area contributed by atoms with E-state index in [1.54, 1.807) is 0 Å². The highest BCUT2D eigenvalue weighted by Gasteiger charge is 2.54. The summed E-state index contributed by atoms with van der Waals surface area (Å²) >= 11 is 0. The van der Waals surface area contributed by atoms with Gasteiger partial charge in [0.25, 0.3) is 0 Å². The molecule has 0 unspecified atom stereocenters. The summed E-state index contributed by atoms with van der Waals surface area (Å²) in [6.07, 6.45) is 0.471. The second kappa shape index (κ2) is 4.03. The van der Waals surface area contributed by atoms with E-state index in [4.69, 9.17) is 14.6 Å². The van der Waals surface area contributed by atoms with Gasteiger partial charge in [0.1, 0.15) is 0 Å². The summed E-state index contributed by atoms with van der Waals surface area (Å²) in [6, 6.07) is 0. The molecule has 90 valence electrons. The van der Waals surface area contributed by atoms with Crippen molar-refractivity contribution in [3.05, 3.63) is 0 Å². The zero-order valence-electron chi connectivity index (χ0n) is 8.97. The predicted molar refractivity (Wildman–Crippen MR) is 50.5 cm³/mol. The number of carbonyl (C=O) groups excluding carboxylic acids is 1. The first-order valence-electron chi connectivity index (χ1n) is 5.16. The quantitative estimate of drug-likeness (QED) is 0.673. The Morgan fingerprint density at radius 2 is 1.81 bits per heavy atom. The number of aliphatic carboxylic acids is 1. The third kappa shape index (κ3) is 1.78. The lowest BCUT2D eigenvalue weighted by Crippen LogP contribution is -2.27. The second-order valence-electron chi connectivity index (χ2n) is 4.09. The Kier molecular flexibility index (Phi) is 2.86. The minimum absolute atomic E-state index is 0.210. The van der Waals surface area contributed by atoms with Crippen molar-refractivity contribution in [2.24, 2.45) is 11.8 Å². The SMILES string of the molecule is COC(=O)[C@H]1CC2(C[C@H]1C(=O)O)OCCO2. The van der Waals surface area contributed by atoms with Crippen LogP contribution in [0.4, 0.5) is 0 Å². The summed E-state index contributed by atoms with van der Waals surface area (Å²) in [5.41, 5.74) is 0. The van der Waals surface area contributed by atoms with E-state index >= 15 is 0 Å². The first-order chi connectivity index (χ1) is 7.58. The standard InChI is InChI=1S/C10H14O6/c1-14-9(13)7-5-10(15-2-3-16-10)4-6(7)8(11)12/h6-7H,2-5H2,1H3,(H,11,12)/t6-,7+/m1/s1. The first kappa shape index (κ1) is 11.3. The molecule has 1 saturated carbocycles. The Balaban J connectivity index is 2.17. The van der Waals surface area contributed by atoms with Gasteiger partial charge in [0.15, 0.2) is 5.79 Å². The van der Waals surface area contributed by atoms with Gasteiger partial charge in [-0.15, -0.1) is 0 Å². The molecular weight excluding hydrogens is 216 g/mol. The Morgan fingerprint density at radius 1 is 1.25 bits per heavy atom. The Labute approximate surface area is 92.5 Å². The largest absolute Gasteiger partial charge is 0.481 e. The predicted octanol–water partition coefficient (Wildman–Crippen LogP) is 0.0133. The topological polar surface area (TPSA) is 82.1 Å². The van der Waals surface area contributed by atoms with E-state index in [2.05, 4.69) is 4.74 Å². The molecule has 6 heteroatoms. The van der Waals surface area contributed by atoms with E-state index in [-0.39, 0.29) is 12.8 Å². The lowest BCUT2D eigenvalue weighted by molar-refractivity contribution is -0.162. The highest BCUT2D eigenvalue weighted by atomic mass is 16.7. The normalized spacial score (nSPS) is 31.8. The third-order valence-electron chi connectivity index (χ3n) is 3.18. The fraction of sp³-hybridized carbons (Fsp3) is 0.800. The zero-order valence-corrected chi connectivity index (χ0v) is 8.97. The molecule has 2 rings (SSSR count). The number of carboxylic acid groups (broad SMARTS) is 1. The Hall–Kier alpha value is -1.14. The average Bonchev–Trinajstić information content (AvgIpc) is 2.86. The molecule has 0 aromatic heterocycles. The summed E-state index contributed by atoms with van der Waals surface area (Å²) in [6.45, 7) is 0.889. The summed E-state index contributed by atoms with van der Waals surface area (Å²) in [4.78, 5) is 22.5. The second-order valence-corrected chi connectivity index (χ2v) is 4.09. The molecule has 2 fully saturated rings. The Bertz CT molecular complexity index is 306. The molecule has 0 bridgehead atoms. The van der Waals surface area contributed by atoms with Crippen LogP contribution in [-0.4, -0.2) is 43.2 Å². The fourth-order valence-corrected chi connectivity index (χ4v) is 2.43. The lowest BCUT2D eigenvalue weighted by Gasteiger charge is -2.20. The van der Waals surface area contributed by atoms with E-state index in [1.807, 2.05) is 0 Å². The maximum Gasteiger partial charge on any atom is 0.309 e. The molecule has 0 amide bonds. The number of carboxylic acids is 1. The molecule has 1 aliphatic heterocycles. The summed E-state index contributed by atoms with van der Waals surface area (Å²) in [5, 5.41) is 9.05. The number of esters is 1. The molecule has 0 aromatic carbocycles. The molecule has 1 heterocycles. The average molecular weight is 230 g/mol. The van der Waals surface area contributed by atoms with Gasteiger partial charge in [-0.25, -0.2) is 0 Å². The molecule has 1 saturated heterocycles. The van der Waals surface area contributed by atoms with Crippen LogP contribution in [-0.2, 0) is 23.8 Å². The minimum Gasteiger partial charge on any atom is -0.481 e. The number of methoxy groups -OCH3 is 1. The van der Waals surface area contributed by atoms with Crippen molar-refractivity contribution in [1.82, 2.24) is 0 Å². The van der Waals surface area contributed by atoms with Crippen molar-refractivity contribution in [3.63, 3.8) is 0 Å². The first-order valence-corrected chi connectivity index (χ1v) is 5.16. The van der Waals surface area contributed by atoms with E-state index < -0.39 is 29.6 Å². The number of carbonyl (C=O) groups is 2. The van der Waals surface area contributed by atoms with Gasteiger partial charge >= 0.3 is 11.9 Å². The summed E-state index contributed by atoms with van der Waals surface area (Å²) in [5.74, 6) is -3.87. The van der Waals surface area contributed by atoms with Gasteiger partial charge < -0.3 is 19.3 Å². The van der Waals surface area contributed by atoms with E-state index in [0.717, 1.165) is 0 Å². The van der Waals surface area contributed by atoms with Crippen LogP contribution in [0.5, 0.6) is 0 Å². The van der Waals surface area contributed by atoms with Crippen LogP contribution in [0.15, 0.2) is 0 Å². The molecular formula is C10H14O6. The highest BCUT2D eigenvalue weighted by Crippen LogP contribution is 2.45. The van der Waals surface area contributed by atoms with Gasteiger partial charge in [-0.2, -0.15) is 0 Å². The molecule has 16 heavy (non-hydrogen) atoms. The monoisotopic (exact) mass is 230 g/mol. The van der Waals surface area contributed by atoms with Crippen LogP contribution in [0, 0.1) is 11.8 Å². The maximum absolute atomic E-state index is 11.5. The van der Waals surface area contributed by atoms with Crippen molar-refractivity contribution in [3.8, 4) is 0 Å². The Morgan fingerprint density at radius 3 is 2.31 bits per heavy atom. The molecule has 6 nitrogen and oxygen atoms in total. The minimum atomic E-state index is -1.01. The van der Waals surface area contributed by atoms with Crippen molar-refractivity contribution in [2.75, 3.05) is 20.3 Å². The van der Waals surface area contributed by atoms with Crippen LogP contribution in [0.3, 0.4) is 0 Å². The number of hydrogen-bond donors (Lipinski definition) is 1. The molecule has 2 atom stereocenters. The molecule has 1 spiro atoms. The van der Waals surface area contributed by atoms with Crippen LogP contribution in [0.1, 0.15) is 12.8 Å². The van der Waals surface area contributed by atoms with E-state index in [0.29, 0.717) is 13.2 Å². The summed E-state index contributed by atoms with van der Waals surface area (Å²) < 4.78 is 15.4. The smallest absolute Gasteiger partial charge is 0.309 e. The van der Waals surface area contributed by atoms with Crippen LogP contribution < -0.4 is 0 Å².